The minimum absolute atomic E-state index is 0.0698. The van der Waals surface area contributed by atoms with Crippen LogP contribution in [0.4, 0.5) is 0 Å². The summed E-state index contributed by atoms with van der Waals surface area (Å²) in [6.07, 6.45) is 1.21. The molecule has 0 atom stereocenters. The molecule has 0 amide bonds. The summed E-state index contributed by atoms with van der Waals surface area (Å²) >= 11 is 3.34. The molecule has 116 valence electrons. The molecular weight excluding hydrogens is 356 g/mol. The second kappa shape index (κ2) is 6.31. The first kappa shape index (κ1) is 16.2. The Balaban J connectivity index is 2.68. The second-order valence-electron chi connectivity index (χ2n) is 4.46. The summed E-state index contributed by atoms with van der Waals surface area (Å²) in [7, 11) is 4.09. The molecule has 1 aromatic rings. The molecule has 0 radical (unpaired) electrons. The zero-order valence-electron chi connectivity index (χ0n) is 12.2. The maximum absolute atomic E-state index is 12.3. The molecule has 6 nitrogen and oxygen atoms in total. The molecule has 7 heteroatoms. The Morgan fingerprint density at radius 2 is 1.73 bits per heavy atom. The van der Waals surface area contributed by atoms with Crippen molar-refractivity contribution in [3.05, 3.63) is 27.2 Å². The lowest BCUT2D eigenvalue weighted by Gasteiger charge is -2.19. The number of benzene rings is 1. The summed E-state index contributed by atoms with van der Waals surface area (Å²) in [5.74, 6) is -1.38. The highest BCUT2D eigenvalue weighted by Crippen LogP contribution is 2.41. The monoisotopic (exact) mass is 368 g/mol. The van der Waals surface area contributed by atoms with E-state index in [0.717, 1.165) is 0 Å². The number of Topliss-reactive ketones (excluding diaryl/α,β-unsaturated/α-hetero) is 2. The smallest absolute Gasteiger partial charge is 0.310 e. The first-order valence-corrected chi connectivity index (χ1v) is 7.04. The minimum atomic E-state index is -0.742. The third kappa shape index (κ3) is 2.64. The van der Waals surface area contributed by atoms with Gasteiger partial charge in [-0.3, -0.25) is 14.4 Å². The normalized spacial score (nSPS) is 13.4. The molecule has 0 fully saturated rings. The van der Waals surface area contributed by atoms with Gasteiger partial charge in [0.15, 0.2) is 0 Å². The molecule has 0 unspecified atom stereocenters. The number of hydrogen-bond donors (Lipinski definition) is 0. The number of ketones is 2. The molecule has 0 saturated carbocycles. The first-order valence-electron chi connectivity index (χ1n) is 6.25. The molecule has 0 heterocycles. The summed E-state index contributed by atoms with van der Waals surface area (Å²) in [5, 5.41) is 0. The molecule has 2 rings (SSSR count). The van der Waals surface area contributed by atoms with Crippen molar-refractivity contribution in [2.24, 2.45) is 0 Å². The first-order chi connectivity index (χ1) is 10.4. The maximum atomic E-state index is 12.3. The number of methoxy groups -OCH3 is 3. The average Bonchev–Trinajstić information content (AvgIpc) is 2.52. The topological polar surface area (TPSA) is 78.9 Å². The molecule has 0 saturated heterocycles. The fourth-order valence-corrected chi connectivity index (χ4v) is 2.76. The van der Waals surface area contributed by atoms with Crippen LogP contribution in [0.2, 0.25) is 0 Å². The van der Waals surface area contributed by atoms with E-state index in [0.29, 0.717) is 15.8 Å². The maximum Gasteiger partial charge on any atom is 0.310 e. The zero-order chi connectivity index (χ0) is 16.4. The van der Waals surface area contributed by atoms with Crippen molar-refractivity contribution < 1.29 is 28.6 Å². The lowest BCUT2D eigenvalue weighted by Crippen LogP contribution is -2.24. The van der Waals surface area contributed by atoms with E-state index in [4.69, 9.17) is 9.47 Å². The largest absolute Gasteiger partial charge is 0.496 e. The molecular formula is C15H13BrO6. The highest BCUT2D eigenvalue weighted by molar-refractivity contribution is 9.10. The molecule has 0 bridgehead atoms. The van der Waals surface area contributed by atoms with Gasteiger partial charge in [0.1, 0.15) is 11.5 Å². The molecule has 0 N–H and O–H groups in total. The number of fused-ring (bicyclic) bond motifs is 1. The van der Waals surface area contributed by atoms with Gasteiger partial charge in [0.05, 0.1) is 37.8 Å². The van der Waals surface area contributed by atoms with Crippen LogP contribution >= 0.6 is 15.9 Å². The Bertz CT molecular complexity index is 704. The van der Waals surface area contributed by atoms with Gasteiger partial charge in [0, 0.05) is 17.2 Å². The Morgan fingerprint density at radius 1 is 1.09 bits per heavy atom. The summed E-state index contributed by atoms with van der Waals surface area (Å²) < 4.78 is 15.4. The molecule has 22 heavy (non-hydrogen) atoms. The predicted octanol–water partition coefficient (Wildman–Crippen LogP) is 2.18. The van der Waals surface area contributed by atoms with Crippen molar-refractivity contribution >= 4 is 39.5 Å². The van der Waals surface area contributed by atoms with Crippen LogP contribution in [0.5, 0.6) is 11.5 Å². The Labute approximate surface area is 135 Å². The summed E-state index contributed by atoms with van der Waals surface area (Å²) in [4.78, 5) is 35.9. The van der Waals surface area contributed by atoms with Gasteiger partial charge >= 0.3 is 5.97 Å². The number of esters is 1. The van der Waals surface area contributed by atoms with E-state index in [2.05, 4.69) is 20.7 Å². The van der Waals surface area contributed by atoms with Crippen molar-refractivity contribution in [2.45, 2.75) is 6.42 Å². The van der Waals surface area contributed by atoms with Crippen molar-refractivity contribution in [1.82, 2.24) is 0 Å². The van der Waals surface area contributed by atoms with Gasteiger partial charge in [-0.15, -0.1) is 0 Å². The quantitative estimate of drug-likeness (QED) is 0.598. The molecule has 1 aromatic carbocycles. The van der Waals surface area contributed by atoms with Crippen LogP contribution in [0, 0.1) is 0 Å². The van der Waals surface area contributed by atoms with Crippen molar-refractivity contribution in [2.75, 3.05) is 21.3 Å². The van der Waals surface area contributed by atoms with E-state index in [1.54, 1.807) is 0 Å². The lowest BCUT2D eigenvalue weighted by atomic mass is 9.88. The molecule has 0 aromatic heterocycles. The molecule has 0 spiro atoms. The Kier molecular flexibility index (Phi) is 4.65. The third-order valence-electron chi connectivity index (χ3n) is 3.28. The Morgan fingerprint density at radius 3 is 2.27 bits per heavy atom. The van der Waals surface area contributed by atoms with Gasteiger partial charge in [-0.2, -0.15) is 0 Å². The van der Waals surface area contributed by atoms with E-state index in [9.17, 15) is 14.4 Å². The van der Waals surface area contributed by atoms with Crippen molar-refractivity contribution in [1.29, 1.82) is 0 Å². The third-order valence-corrected chi connectivity index (χ3v) is 4.09. The van der Waals surface area contributed by atoms with Crippen LogP contribution in [0.25, 0.3) is 6.08 Å². The van der Waals surface area contributed by atoms with Gasteiger partial charge < -0.3 is 14.2 Å². The van der Waals surface area contributed by atoms with E-state index in [-0.39, 0.29) is 23.3 Å². The highest BCUT2D eigenvalue weighted by atomic mass is 79.9. The predicted molar refractivity (Wildman–Crippen MR) is 81.2 cm³/mol. The summed E-state index contributed by atoms with van der Waals surface area (Å²) in [5.41, 5.74) is 0.661. The highest BCUT2D eigenvalue weighted by Gasteiger charge is 2.33. The fourth-order valence-electron chi connectivity index (χ4n) is 2.17. The summed E-state index contributed by atoms with van der Waals surface area (Å²) in [6, 6.07) is 1.52. The summed E-state index contributed by atoms with van der Waals surface area (Å²) in [6.45, 7) is 0. The van der Waals surface area contributed by atoms with E-state index >= 15 is 0 Å². The van der Waals surface area contributed by atoms with Crippen LogP contribution in [-0.2, 0) is 14.3 Å². The fraction of sp³-hybridized carbons (Fsp3) is 0.267. The standard InChI is InChI=1S/C15H13BrO6/c1-20-9-6-10(21-2)13(16)8-4-7(5-11(17)22-3)14(18)15(19)12(8)9/h4,6H,5H2,1-3H3. The molecule has 0 aliphatic heterocycles. The molecule has 1 aliphatic rings. The zero-order valence-corrected chi connectivity index (χ0v) is 13.8. The number of halogens is 1. The minimum Gasteiger partial charge on any atom is -0.496 e. The van der Waals surface area contributed by atoms with Crippen LogP contribution in [0.3, 0.4) is 0 Å². The Hall–Kier alpha value is -2.15. The van der Waals surface area contributed by atoms with Gasteiger partial charge in [0.25, 0.3) is 0 Å². The number of carbonyl (C=O) groups is 3. The van der Waals surface area contributed by atoms with Crippen LogP contribution in [0.15, 0.2) is 16.1 Å². The van der Waals surface area contributed by atoms with Gasteiger partial charge in [-0.1, -0.05) is 0 Å². The van der Waals surface area contributed by atoms with Crippen LogP contribution < -0.4 is 9.47 Å². The second-order valence-corrected chi connectivity index (χ2v) is 5.26. The number of rotatable bonds is 4. The lowest BCUT2D eigenvalue weighted by molar-refractivity contribution is -0.140. The van der Waals surface area contributed by atoms with Gasteiger partial charge in [-0.25, -0.2) is 0 Å². The van der Waals surface area contributed by atoms with Gasteiger partial charge in [0.2, 0.25) is 11.6 Å². The average molecular weight is 369 g/mol. The van der Waals surface area contributed by atoms with Crippen molar-refractivity contribution in [3.8, 4) is 11.5 Å². The van der Waals surface area contributed by atoms with Crippen LogP contribution in [0.1, 0.15) is 22.3 Å². The van der Waals surface area contributed by atoms with E-state index < -0.39 is 17.5 Å². The van der Waals surface area contributed by atoms with E-state index in [1.807, 2.05) is 0 Å². The number of ether oxygens (including phenoxy) is 3. The van der Waals surface area contributed by atoms with Crippen LogP contribution in [-0.4, -0.2) is 38.9 Å². The number of hydrogen-bond acceptors (Lipinski definition) is 6. The van der Waals surface area contributed by atoms with Gasteiger partial charge in [-0.05, 0) is 22.0 Å². The SMILES string of the molecule is COC(=O)CC1=Cc2c(Br)c(OC)cc(OC)c2C(=O)C1=O. The molecule has 1 aliphatic carbocycles. The van der Waals surface area contributed by atoms with Crippen molar-refractivity contribution in [3.63, 3.8) is 0 Å². The number of carbonyl (C=O) groups excluding carboxylic acids is 3. The van der Waals surface area contributed by atoms with E-state index in [1.165, 1.54) is 33.5 Å².